The smallest absolute Gasteiger partial charge is 0.189 e. The molecule has 1 aliphatic heterocycles. The largest absolute Gasteiger partial charge is 0.493 e. The van der Waals surface area contributed by atoms with Crippen LogP contribution < -0.4 is 15.8 Å². The molecule has 1 unspecified atom stereocenters. The zero-order chi connectivity index (χ0) is 15.6. The quantitative estimate of drug-likeness (QED) is 0.438. The third kappa shape index (κ3) is 3.91. The first kappa shape index (κ1) is 18.3. The second-order valence-corrected chi connectivity index (χ2v) is 6.55. The minimum atomic E-state index is 0. The van der Waals surface area contributed by atoms with Crippen LogP contribution in [-0.2, 0) is 0 Å². The van der Waals surface area contributed by atoms with Gasteiger partial charge in [-0.3, -0.25) is 4.99 Å². The Hall–Kier alpha value is -1.02. The Balaban J connectivity index is 0.00000192. The van der Waals surface area contributed by atoms with Crippen molar-refractivity contribution in [2.75, 3.05) is 27.2 Å². The van der Waals surface area contributed by atoms with Crippen LogP contribution in [0.15, 0.2) is 29.3 Å². The molecule has 5 nitrogen and oxygen atoms in total. The molecular formula is C17H27IN4O. The number of rotatable bonds is 4. The molecule has 1 fully saturated rings. The van der Waals surface area contributed by atoms with E-state index in [1.54, 1.807) is 0 Å². The molecule has 1 aromatic rings. The lowest BCUT2D eigenvalue weighted by molar-refractivity contribution is 0.0699. The Morgan fingerprint density at radius 2 is 2.13 bits per heavy atom. The summed E-state index contributed by atoms with van der Waals surface area (Å²) >= 11 is 0. The molecule has 2 aliphatic rings. The molecule has 23 heavy (non-hydrogen) atoms. The van der Waals surface area contributed by atoms with Crippen LogP contribution in [0.4, 0.5) is 0 Å². The Morgan fingerprint density at radius 3 is 2.78 bits per heavy atom. The zero-order valence-electron chi connectivity index (χ0n) is 13.9. The zero-order valence-corrected chi connectivity index (χ0v) is 16.2. The van der Waals surface area contributed by atoms with Gasteiger partial charge in [-0.05, 0) is 39.4 Å². The Bertz CT molecular complexity index is 557. The predicted molar refractivity (Wildman–Crippen MR) is 105 cm³/mol. The first-order valence-corrected chi connectivity index (χ1v) is 8.06. The lowest BCUT2D eigenvalue weighted by atomic mass is 9.76. The highest BCUT2D eigenvalue weighted by molar-refractivity contribution is 14.0. The summed E-state index contributed by atoms with van der Waals surface area (Å²) in [5.41, 5.74) is 7.50. The number of likely N-dealkylation sites (N-methyl/N-ethyl adjacent to an activating group) is 1. The first-order chi connectivity index (χ1) is 10.6. The van der Waals surface area contributed by atoms with Crippen molar-refractivity contribution in [1.82, 2.24) is 10.2 Å². The lowest BCUT2D eigenvalue weighted by Crippen LogP contribution is -2.53. The van der Waals surface area contributed by atoms with E-state index >= 15 is 0 Å². The van der Waals surface area contributed by atoms with Crippen molar-refractivity contribution in [1.29, 1.82) is 0 Å². The second kappa shape index (κ2) is 7.70. The first-order valence-electron chi connectivity index (χ1n) is 8.06. The SMILES string of the molecule is CN(C)C1(CN=C(N)NC2CCOc3ccccc32)CCC1.I. The van der Waals surface area contributed by atoms with E-state index in [0.29, 0.717) is 12.6 Å². The van der Waals surface area contributed by atoms with E-state index in [1.807, 2.05) is 18.2 Å². The van der Waals surface area contributed by atoms with Gasteiger partial charge >= 0.3 is 0 Å². The van der Waals surface area contributed by atoms with Gasteiger partial charge in [0, 0.05) is 17.5 Å². The predicted octanol–water partition coefficient (Wildman–Crippen LogP) is 2.52. The van der Waals surface area contributed by atoms with E-state index in [9.17, 15) is 0 Å². The molecule has 3 N–H and O–H groups in total. The maximum Gasteiger partial charge on any atom is 0.189 e. The summed E-state index contributed by atoms with van der Waals surface area (Å²) in [6, 6.07) is 8.31. The molecule has 0 amide bonds. The molecule has 0 saturated heterocycles. The average molecular weight is 430 g/mol. The van der Waals surface area contributed by atoms with Crippen molar-refractivity contribution in [2.45, 2.75) is 37.3 Å². The molecule has 1 aliphatic carbocycles. The van der Waals surface area contributed by atoms with Crippen molar-refractivity contribution in [3.05, 3.63) is 29.8 Å². The summed E-state index contributed by atoms with van der Waals surface area (Å²) < 4.78 is 5.68. The summed E-state index contributed by atoms with van der Waals surface area (Å²) in [5.74, 6) is 1.48. The van der Waals surface area contributed by atoms with Gasteiger partial charge in [0.05, 0.1) is 19.2 Å². The van der Waals surface area contributed by atoms with Crippen LogP contribution in [0.2, 0.25) is 0 Å². The van der Waals surface area contributed by atoms with Gasteiger partial charge in [0.1, 0.15) is 5.75 Å². The highest BCUT2D eigenvalue weighted by Crippen LogP contribution is 2.36. The fourth-order valence-electron chi connectivity index (χ4n) is 3.28. The minimum absolute atomic E-state index is 0. The number of hydrogen-bond acceptors (Lipinski definition) is 3. The minimum Gasteiger partial charge on any atom is -0.493 e. The molecule has 1 aromatic carbocycles. The summed E-state index contributed by atoms with van der Waals surface area (Å²) in [7, 11) is 4.26. The number of nitrogens with zero attached hydrogens (tertiary/aromatic N) is 2. The second-order valence-electron chi connectivity index (χ2n) is 6.55. The monoisotopic (exact) mass is 430 g/mol. The number of benzene rings is 1. The van der Waals surface area contributed by atoms with Crippen molar-refractivity contribution < 1.29 is 4.74 Å². The number of nitrogens with one attached hydrogen (secondary N) is 1. The van der Waals surface area contributed by atoms with Crippen molar-refractivity contribution in [3.8, 4) is 5.75 Å². The Morgan fingerprint density at radius 1 is 1.39 bits per heavy atom. The molecule has 0 bridgehead atoms. The molecule has 0 spiro atoms. The molecule has 1 heterocycles. The highest BCUT2D eigenvalue weighted by Gasteiger charge is 2.38. The van der Waals surface area contributed by atoms with Crippen LogP contribution >= 0.6 is 24.0 Å². The van der Waals surface area contributed by atoms with E-state index < -0.39 is 0 Å². The molecule has 128 valence electrons. The topological polar surface area (TPSA) is 62.9 Å². The third-order valence-electron chi connectivity index (χ3n) is 5.06. The summed E-state index contributed by atoms with van der Waals surface area (Å²) in [6.07, 6.45) is 4.61. The van der Waals surface area contributed by atoms with Gasteiger partial charge in [0.25, 0.3) is 0 Å². The van der Waals surface area contributed by atoms with E-state index in [4.69, 9.17) is 10.5 Å². The summed E-state index contributed by atoms with van der Waals surface area (Å²) in [5, 5.41) is 3.36. The normalized spacial score (nSPS) is 22.4. The molecule has 6 heteroatoms. The maximum absolute atomic E-state index is 6.13. The Kier molecular flexibility index (Phi) is 6.13. The average Bonchev–Trinajstić information content (AvgIpc) is 2.46. The van der Waals surface area contributed by atoms with Gasteiger partial charge in [-0.15, -0.1) is 24.0 Å². The number of fused-ring (bicyclic) bond motifs is 1. The number of ether oxygens (including phenoxy) is 1. The number of hydrogen-bond donors (Lipinski definition) is 2. The number of aliphatic imine (C=N–C) groups is 1. The number of nitrogens with two attached hydrogens (primary N) is 1. The van der Waals surface area contributed by atoms with Crippen molar-refractivity contribution >= 4 is 29.9 Å². The highest BCUT2D eigenvalue weighted by atomic mass is 127. The van der Waals surface area contributed by atoms with Gasteiger partial charge in [-0.25, -0.2) is 0 Å². The molecule has 1 saturated carbocycles. The van der Waals surface area contributed by atoms with Crippen LogP contribution in [0, 0.1) is 0 Å². The van der Waals surface area contributed by atoms with E-state index in [0.717, 1.165) is 24.3 Å². The number of para-hydroxylation sites is 1. The Labute approximate surface area is 155 Å². The van der Waals surface area contributed by atoms with Gasteiger partial charge < -0.3 is 20.7 Å². The van der Waals surface area contributed by atoms with Gasteiger partial charge in [0.15, 0.2) is 5.96 Å². The molecule has 3 rings (SSSR count). The van der Waals surface area contributed by atoms with Gasteiger partial charge in [-0.1, -0.05) is 18.2 Å². The van der Waals surface area contributed by atoms with Gasteiger partial charge in [-0.2, -0.15) is 0 Å². The standard InChI is InChI=1S/C17H26N4O.HI/c1-21(2)17(9-5-10-17)12-19-16(18)20-14-8-11-22-15-7-4-3-6-13(14)15;/h3-4,6-7,14H,5,8-12H2,1-2H3,(H3,18,19,20);1H. The third-order valence-corrected chi connectivity index (χ3v) is 5.06. The van der Waals surface area contributed by atoms with E-state index in [2.05, 4.69) is 35.4 Å². The van der Waals surface area contributed by atoms with Crippen LogP contribution in [-0.4, -0.2) is 43.6 Å². The molecule has 1 atom stereocenters. The van der Waals surface area contributed by atoms with Crippen molar-refractivity contribution in [3.63, 3.8) is 0 Å². The molecular weight excluding hydrogens is 403 g/mol. The van der Waals surface area contributed by atoms with Crippen molar-refractivity contribution in [2.24, 2.45) is 10.7 Å². The molecule has 0 radical (unpaired) electrons. The van der Waals surface area contributed by atoms with E-state index in [1.165, 1.54) is 19.3 Å². The van der Waals surface area contributed by atoms with Crippen LogP contribution in [0.5, 0.6) is 5.75 Å². The van der Waals surface area contributed by atoms with Gasteiger partial charge in [0.2, 0.25) is 0 Å². The molecule has 0 aromatic heterocycles. The number of halogens is 1. The maximum atomic E-state index is 6.13. The fourth-order valence-corrected chi connectivity index (χ4v) is 3.28. The summed E-state index contributed by atoms with van der Waals surface area (Å²) in [4.78, 5) is 6.90. The lowest BCUT2D eigenvalue weighted by Gasteiger charge is -2.46. The number of guanidine groups is 1. The van der Waals surface area contributed by atoms with Crippen LogP contribution in [0.1, 0.15) is 37.3 Å². The van der Waals surface area contributed by atoms with Crippen LogP contribution in [0.25, 0.3) is 0 Å². The van der Waals surface area contributed by atoms with Crippen LogP contribution in [0.3, 0.4) is 0 Å². The fraction of sp³-hybridized carbons (Fsp3) is 0.588. The summed E-state index contributed by atoms with van der Waals surface area (Å²) in [6.45, 7) is 1.48. The van der Waals surface area contributed by atoms with E-state index in [-0.39, 0.29) is 35.6 Å².